The fraction of sp³-hybridized carbons (Fsp3) is 0.200. The van der Waals surface area contributed by atoms with Crippen LogP contribution in [-0.4, -0.2) is 18.7 Å². The number of ether oxygens (including phenoxy) is 1. The van der Waals surface area contributed by atoms with Crippen molar-refractivity contribution in [1.82, 2.24) is 5.43 Å². The van der Waals surface area contributed by atoms with Gasteiger partial charge in [0, 0.05) is 0 Å². The quantitative estimate of drug-likeness (QED) is 0.672. The lowest BCUT2D eigenvalue weighted by Gasteiger charge is -2.02. The second-order valence-corrected chi connectivity index (χ2v) is 4.11. The van der Waals surface area contributed by atoms with Gasteiger partial charge in [-0.1, -0.05) is 0 Å². The zero-order chi connectivity index (χ0) is 14.4. The summed E-state index contributed by atoms with van der Waals surface area (Å²) in [5.41, 5.74) is 3.27. The summed E-state index contributed by atoms with van der Waals surface area (Å²) in [5.74, 6) is 1.36. The molecule has 5 nitrogen and oxygen atoms in total. The second kappa shape index (κ2) is 6.56. The molecule has 0 saturated heterocycles. The Balaban J connectivity index is 1.91. The molecule has 0 unspecified atom stereocenters. The SMILES string of the molecule is CCOc1ccc(C=NNC(=O)c2ccc(C)o2)cc1. The van der Waals surface area contributed by atoms with Gasteiger partial charge in [0.05, 0.1) is 12.8 Å². The Bertz CT molecular complexity index is 600. The van der Waals surface area contributed by atoms with Gasteiger partial charge in [0.25, 0.3) is 0 Å². The standard InChI is InChI=1S/C15H16N2O3/c1-3-19-13-7-5-12(6-8-13)10-16-17-15(18)14-9-4-11(2)20-14/h4-10H,3H2,1-2H3,(H,17,18). The largest absolute Gasteiger partial charge is 0.494 e. The van der Waals surface area contributed by atoms with E-state index in [1.165, 1.54) is 0 Å². The number of furan rings is 1. The van der Waals surface area contributed by atoms with E-state index in [1.54, 1.807) is 25.3 Å². The lowest BCUT2D eigenvalue weighted by molar-refractivity contribution is 0.0926. The number of hydrogen-bond donors (Lipinski definition) is 1. The van der Waals surface area contributed by atoms with Crippen LogP contribution in [0.2, 0.25) is 0 Å². The average molecular weight is 272 g/mol. The van der Waals surface area contributed by atoms with Gasteiger partial charge in [-0.15, -0.1) is 0 Å². The molecule has 1 aromatic carbocycles. The maximum absolute atomic E-state index is 11.6. The van der Waals surface area contributed by atoms with Gasteiger partial charge in [-0.3, -0.25) is 4.79 Å². The van der Waals surface area contributed by atoms with Crippen molar-refractivity contribution in [2.75, 3.05) is 6.61 Å². The number of benzene rings is 1. The first-order valence-corrected chi connectivity index (χ1v) is 6.31. The highest BCUT2D eigenvalue weighted by Gasteiger charge is 2.07. The van der Waals surface area contributed by atoms with Crippen LogP contribution < -0.4 is 10.2 Å². The normalized spacial score (nSPS) is 10.7. The molecule has 1 heterocycles. The first-order valence-electron chi connectivity index (χ1n) is 6.31. The summed E-state index contributed by atoms with van der Waals surface area (Å²) in [5, 5.41) is 3.88. The monoisotopic (exact) mass is 272 g/mol. The number of amides is 1. The molecule has 5 heteroatoms. The van der Waals surface area contributed by atoms with Crippen LogP contribution >= 0.6 is 0 Å². The molecule has 0 spiro atoms. The molecule has 104 valence electrons. The summed E-state index contributed by atoms with van der Waals surface area (Å²) >= 11 is 0. The van der Waals surface area contributed by atoms with Crippen LogP contribution in [0.3, 0.4) is 0 Å². The fourth-order valence-electron chi connectivity index (χ4n) is 1.59. The van der Waals surface area contributed by atoms with Crippen LogP contribution in [0.5, 0.6) is 5.75 Å². The van der Waals surface area contributed by atoms with E-state index in [0.717, 1.165) is 11.3 Å². The summed E-state index contributed by atoms with van der Waals surface area (Å²) in [6.07, 6.45) is 1.56. The second-order valence-electron chi connectivity index (χ2n) is 4.11. The highest BCUT2D eigenvalue weighted by molar-refractivity contribution is 5.92. The minimum Gasteiger partial charge on any atom is -0.494 e. The number of hydrazone groups is 1. The molecule has 0 atom stereocenters. The maximum atomic E-state index is 11.6. The molecular formula is C15H16N2O3. The highest BCUT2D eigenvalue weighted by atomic mass is 16.5. The number of hydrogen-bond acceptors (Lipinski definition) is 4. The molecule has 1 N–H and O–H groups in total. The van der Waals surface area contributed by atoms with Crippen molar-refractivity contribution in [2.24, 2.45) is 5.10 Å². The molecule has 2 aromatic rings. The van der Waals surface area contributed by atoms with Crippen LogP contribution in [0, 0.1) is 6.92 Å². The number of aryl methyl sites for hydroxylation is 1. The lowest BCUT2D eigenvalue weighted by Crippen LogP contribution is -2.16. The van der Waals surface area contributed by atoms with Crippen molar-refractivity contribution in [2.45, 2.75) is 13.8 Å². The Kier molecular flexibility index (Phi) is 4.55. The molecule has 0 fully saturated rings. The molecule has 0 bridgehead atoms. The number of carbonyl (C=O) groups excluding carboxylic acids is 1. The third kappa shape index (κ3) is 3.71. The van der Waals surface area contributed by atoms with Gasteiger partial charge in [-0.05, 0) is 55.8 Å². The van der Waals surface area contributed by atoms with Crippen LogP contribution in [0.4, 0.5) is 0 Å². The lowest BCUT2D eigenvalue weighted by atomic mass is 10.2. The Morgan fingerprint density at radius 2 is 2.05 bits per heavy atom. The zero-order valence-electron chi connectivity index (χ0n) is 11.4. The van der Waals surface area contributed by atoms with Gasteiger partial charge in [0.15, 0.2) is 5.76 Å². The number of rotatable bonds is 5. The molecule has 0 aliphatic carbocycles. The molecule has 1 aromatic heterocycles. The fourth-order valence-corrected chi connectivity index (χ4v) is 1.59. The number of nitrogens with one attached hydrogen (secondary N) is 1. The first-order chi connectivity index (χ1) is 9.69. The van der Waals surface area contributed by atoms with Gasteiger partial charge in [-0.25, -0.2) is 5.43 Å². The minimum atomic E-state index is -0.375. The molecule has 20 heavy (non-hydrogen) atoms. The predicted molar refractivity (Wildman–Crippen MR) is 76.1 cm³/mol. The van der Waals surface area contributed by atoms with E-state index < -0.39 is 0 Å². The van der Waals surface area contributed by atoms with Gasteiger partial charge in [-0.2, -0.15) is 5.10 Å². The molecule has 0 saturated carbocycles. The van der Waals surface area contributed by atoms with E-state index in [-0.39, 0.29) is 11.7 Å². The van der Waals surface area contributed by atoms with Crippen molar-refractivity contribution < 1.29 is 13.9 Å². The molecular weight excluding hydrogens is 256 g/mol. The zero-order valence-corrected chi connectivity index (χ0v) is 11.4. The van der Waals surface area contributed by atoms with E-state index in [1.807, 2.05) is 31.2 Å². The summed E-state index contributed by atoms with van der Waals surface area (Å²) in [6, 6.07) is 10.8. The van der Waals surface area contributed by atoms with Crippen LogP contribution in [0.1, 0.15) is 28.8 Å². The summed E-state index contributed by atoms with van der Waals surface area (Å²) in [6.45, 7) is 4.34. The van der Waals surface area contributed by atoms with Crippen molar-refractivity contribution in [3.8, 4) is 5.75 Å². The van der Waals surface area contributed by atoms with Gasteiger partial charge < -0.3 is 9.15 Å². The van der Waals surface area contributed by atoms with Crippen LogP contribution in [0.25, 0.3) is 0 Å². The van der Waals surface area contributed by atoms with E-state index in [9.17, 15) is 4.79 Å². The third-order valence-electron chi connectivity index (χ3n) is 2.53. The number of nitrogens with zero attached hydrogens (tertiary/aromatic N) is 1. The van der Waals surface area contributed by atoms with Crippen molar-refractivity contribution >= 4 is 12.1 Å². The molecule has 0 aliphatic rings. The maximum Gasteiger partial charge on any atom is 0.307 e. The van der Waals surface area contributed by atoms with Crippen LogP contribution in [-0.2, 0) is 0 Å². The van der Waals surface area contributed by atoms with Crippen molar-refractivity contribution in [3.63, 3.8) is 0 Å². The number of carbonyl (C=O) groups is 1. The van der Waals surface area contributed by atoms with E-state index in [0.29, 0.717) is 12.4 Å². The molecule has 0 radical (unpaired) electrons. The smallest absolute Gasteiger partial charge is 0.307 e. The van der Waals surface area contributed by atoms with Gasteiger partial charge in [0.2, 0.25) is 0 Å². The Labute approximate surface area is 117 Å². The minimum absolute atomic E-state index is 0.242. The topological polar surface area (TPSA) is 63.8 Å². The van der Waals surface area contributed by atoms with E-state index in [4.69, 9.17) is 9.15 Å². The summed E-state index contributed by atoms with van der Waals surface area (Å²) in [7, 11) is 0. The molecule has 1 amide bonds. The highest BCUT2D eigenvalue weighted by Crippen LogP contribution is 2.10. The van der Waals surface area contributed by atoms with Crippen molar-refractivity contribution in [3.05, 3.63) is 53.5 Å². The molecule has 2 rings (SSSR count). The average Bonchev–Trinajstić information content (AvgIpc) is 2.88. The Morgan fingerprint density at radius 1 is 1.30 bits per heavy atom. The summed E-state index contributed by atoms with van der Waals surface area (Å²) < 4.78 is 10.5. The molecule has 0 aliphatic heterocycles. The summed E-state index contributed by atoms with van der Waals surface area (Å²) in [4.78, 5) is 11.6. The van der Waals surface area contributed by atoms with E-state index in [2.05, 4.69) is 10.5 Å². The Hall–Kier alpha value is -2.56. The van der Waals surface area contributed by atoms with Crippen molar-refractivity contribution in [1.29, 1.82) is 0 Å². The Morgan fingerprint density at radius 3 is 2.65 bits per heavy atom. The predicted octanol–water partition coefficient (Wildman–Crippen LogP) is 2.75. The van der Waals surface area contributed by atoms with Gasteiger partial charge >= 0.3 is 5.91 Å². The van der Waals surface area contributed by atoms with Gasteiger partial charge in [0.1, 0.15) is 11.5 Å². The van der Waals surface area contributed by atoms with E-state index >= 15 is 0 Å². The first kappa shape index (κ1) is 13.9. The van der Waals surface area contributed by atoms with Crippen LogP contribution in [0.15, 0.2) is 45.9 Å². The third-order valence-corrected chi connectivity index (χ3v) is 2.53.